The molecule has 0 saturated carbocycles. The van der Waals surface area contributed by atoms with Crippen LogP contribution < -0.4 is 16.4 Å². The van der Waals surface area contributed by atoms with Crippen molar-refractivity contribution in [1.82, 2.24) is 10.6 Å². The second-order valence-electron chi connectivity index (χ2n) is 7.05. The van der Waals surface area contributed by atoms with Crippen LogP contribution >= 0.6 is 0 Å². The molecule has 0 bridgehead atoms. The summed E-state index contributed by atoms with van der Waals surface area (Å²) in [4.78, 5) is 36.0. The van der Waals surface area contributed by atoms with Gasteiger partial charge in [-0.2, -0.15) is 0 Å². The molecule has 0 fully saturated rings. The number of hydrogen-bond donors (Lipinski definition) is 5. The summed E-state index contributed by atoms with van der Waals surface area (Å²) in [6.45, 7) is 5.00. The monoisotopic (exact) mass is 379 g/mol. The zero-order valence-corrected chi connectivity index (χ0v) is 15.9. The quantitative estimate of drug-likeness (QED) is 0.388. The lowest BCUT2D eigenvalue weighted by Crippen LogP contribution is -2.58. The van der Waals surface area contributed by atoms with E-state index in [0.717, 1.165) is 5.56 Å². The van der Waals surface area contributed by atoms with Gasteiger partial charge in [0.05, 0.1) is 12.1 Å². The molecule has 8 heteroatoms. The maximum absolute atomic E-state index is 12.4. The molecule has 0 radical (unpaired) electrons. The Morgan fingerprint density at radius 1 is 1.04 bits per heavy atom. The molecule has 0 aliphatic rings. The molecule has 0 aliphatic carbocycles. The number of amides is 2. The van der Waals surface area contributed by atoms with E-state index in [1.165, 1.54) is 6.92 Å². The lowest BCUT2D eigenvalue weighted by molar-refractivity contribution is -0.143. The molecule has 1 rings (SSSR count). The summed E-state index contributed by atoms with van der Waals surface area (Å²) in [7, 11) is 0. The Balaban J connectivity index is 2.74. The van der Waals surface area contributed by atoms with Crippen LogP contribution in [0.5, 0.6) is 0 Å². The molecule has 1 aromatic rings. The zero-order valence-electron chi connectivity index (χ0n) is 15.9. The maximum Gasteiger partial charge on any atom is 0.326 e. The van der Waals surface area contributed by atoms with E-state index >= 15 is 0 Å². The summed E-state index contributed by atoms with van der Waals surface area (Å²) in [5.41, 5.74) is 6.76. The van der Waals surface area contributed by atoms with Crippen LogP contribution in [0, 0.1) is 5.92 Å². The van der Waals surface area contributed by atoms with Crippen molar-refractivity contribution in [3.05, 3.63) is 35.9 Å². The predicted octanol–water partition coefficient (Wildman–Crippen LogP) is 0.0375. The Kier molecular flexibility index (Phi) is 8.90. The van der Waals surface area contributed by atoms with Crippen LogP contribution in [-0.4, -0.2) is 52.2 Å². The first kappa shape index (κ1) is 22.6. The molecule has 4 unspecified atom stereocenters. The topological polar surface area (TPSA) is 142 Å². The molecule has 0 aliphatic heterocycles. The van der Waals surface area contributed by atoms with Gasteiger partial charge in [-0.15, -0.1) is 0 Å². The van der Waals surface area contributed by atoms with E-state index in [0.29, 0.717) is 0 Å². The molecule has 1 aromatic carbocycles. The van der Waals surface area contributed by atoms with E-state index in [2.05, 4.69) is 10.6 Å². The predicted molar refractivity (Wildman–Crippen MR) is 101 cm³/mol. The van der Waals surface area contributed by atoms with Crippen molar-refractivity contribution in [2.24, 2.45) is 11.7 Å². The van der Waals surface area contributed by atoms with Gasteiger partial charge >= 0.3 is 5.97 Å². The van der Waals surface area contributed by atoms with Gasteiger partial charge in [-0.05, 0) is 31.2 Å². The Morgan fingerprint density at radius 3 is 2.11 bits per heavy atom. The minimum atomic E-state index is -1.30. The molecular weight excluding hydrogens is 350 g/mol. The van der Waals surface area contributed by atoms with Crippen molar-refractivity contribution in [2.75, 3.05) is 0 Å². The first-order valence-corrected chi connectivity index (χ1v) is 8.93. The second kappa shape index (κ2) is 10.6. The van der Waals surface area contributed by atoms with Gasteiger partial charge in [-0.3, -0.25) is 9.59 Å². The summed E-state index contributed by atoms with van der Waals surface area (Å²) >= 11 is 0. The highest BCUT2D eigenvalue weighted by Gasteiger charge is 2.31. The SMILES string of the molecule is CC(C)CC(NC(=O)C(NC(=O)C(N)Cc1ccccc1)C(C)O)C(=O)O. The minimum absolute atomic E-state index is 0.0466. The fourth-order valence-corrected chi connectivity index (χ4v) is 2.58. The number of nitrogens with two attached hydrogens (primary N) is 1. The average Bonchev–Trinajstić information content (AvgIpc) is 2.58. The molecule has 0 spiro atoms. The number of aliphatic hydroxyl groups is 1. The highest BCUT2D eigenvalue weighted by Crippen LogP contribution is 2.07. The third-order valence-electron chi connectivity index (χ3n) is 4.02. The molecule has 0 saturated heterocycles. The van der Waals surface area contributed by atoms with E-state index < -0.39 is 42.0 Å². The molecule has 0 heterocycles. The summed E-state index contributed by atoms with van der Waals surface area (Å²) in [6, 6.07) is 5.85. The number of hydrogen-bond acceptors (Lipinski definition) is 5. The van der Waals surface area contributed by atoms with E-state index in [9.17, 15) is 24.6 Å². The fourth-order valence-electron chi connectivity index (χ4n) is 2.58. The number of carbonyl (C=O) groups is 3. The van der Waals surface area contributed by atoms with Crippen molar-refractivity contribution in [1.29, 1.82) is 0 Å². The van der Waals surface area contributed by atoms with Crippen LogP contribution in [0.2, 0.25) is 0 Å². The van der Waals surface area contributed by atoms with Crippen molar-refractivity contribution in [3.63, 3.8) is 0 Å². The molecule has 8 nitrogen and oxygen atoms in total. The Labute approximate surface area is 159 Å². The highest BCUT2D eigenvalue weighted by molar-refractivity contribution is 5.92. The largest absolute Gasteiger partial charge is 0.480 e. The number of benzene rings is 1. The molecule has 6 N–H and O–H groups in total. The van der Waals surface area contributed by atoms with Gasteiger partial charge in [0.15, 0.2) is 0 Å². The normalized spacial score (nSPS) is 15.5. The van der Waals surface area contributed by atoms with Crippen molar-refractivity contribution < 1.29 is 24.6 Å². The van der Waals surface area contributed by atoms with Crippen LogP contribution in [0.1, 0.15) is 32.8 Å². The summed E-state index contributed by atoms with van der Waals surface area (Å²) < 4.78 is 0. The van der Waals surface area contributed by atoms with Crippen LogP contribution in [0.15, 0.2) is 30.3 Å². The summed E-state index contributed by atoms with van der Waals surface area (Å²) in [5, 5.41) is 23.9. The molecular formula is C19H29N3O5. The molecule has 0 aromatic heterocycles. The number of nitrogens with one attached hydrogen (secondary N) is 2. The minimum Gasteiger partial charge on any atom is -0.480 e. The van der Waals surface area contributed by atoms with E-state index in [1.54, 1.807) is 0 Å². The zero-order chi connectivity index (χ0) is 20.6. The average molecular weight is 379 g/mol. The van der Waals surface area contributed by atoms with E-state index in [1.807, 2.05) is 44.2 Å². The molecule has 4 atom stereocenters. The lowest BCUT2D eigenvalue weighted by atomic mass is 10.0. The van der Waals surface area contributed by atoms with Gasteiger partial charge in [-0.25, -0.2) is 4.79 Å². The van der Waals surface area contributed by atoms with Gasteiger partial charge in [0.1, 0.15) is 12.1 Å². The Hall–Kier alpha value is -2.45. The van der Waals surface area contributed by atoms with Crippen molar-refractivity contribution >= 4 is 17.8 Å². The van der Waals surface area contributed by atoms with Crippen LogP contribution in [0.4, 0.5) is 0 Å². The van der Waals surface area contributed by atoms with E-state index in [4.69, 9.17) is 5.73 Å². The first-order chi connectivity index (χ1) is 12.6. The van der Waals surface area contributed by atoms with Gasteiger partial charge < -0.3 is 26.6 Å². The van der Waals surface area contributed by atoms with Crippen LogP contribution in [0.25, 0.3) is 0 Å². The Bertz CT molecular complexity index is 633. The molecule has 150 valence electrons. The fraction of sp³-hybridized carbons (Fsp3) is 0.526. The Morgan fingerprint density at radius 2 is 1.63 bits per heavy atom. The van der Waals surface area contributed by atoms with Gasteiger partial charge in [0, 0.05) is 0 Å². The number of carbonyl (C=O) groups excluding carboxylic acids is 2. The number of carboxylic acid groups (broad SMARTS) is 1. The number of aliphatic carboxylic acids is 1. The third kappa shape index (κ3) is 7.76. The van der Waals surface area contributed by atoms with Crippen LogP contribution in [0.3, 0.4) is 0 Å². The maximum atomic E-state index is 12.4. The lowest BCUT2D eigenvalue weighted by Gasteiger charge is -2.25. The second-order valence-corrected chi connectivity index (χ2v) is 7.05. The smallest absolute Gasteiger partial charge is 0.326 e. The van der Waals surface area contributed by atoms with Crippen molar-refractivity contribution in [3.8, 4) is 0 Å². The van der Waals surface area contributed by atoms with Gasteiger partial charge in [0.25, 0.3) is 0 Å². The standard InChI is InChI=1S/C19H29N3O5/c1-11(2)9-15(19(26)27)21-18(25)16(12(3)23)22-17(24)14(20)10-13-7-5-4-6-8-13/h4-8,11-12,14-16,23H,9-10,20H2,1-3H3,(H,21,25)(H,22,24)(H,26,27). The molecule has 27 heavy (non-hydrogen) atoms. The van der Waals surface area contributed by atoms with Gasteiger partial charge in [0.2, 0.25) is 11.8 Å². The summed E-state index contributed by atoms with van der Waals surface area (Å²) in [5.74, 6) is -2.49. The van der Waals surface area contributed by atoms with Crippen LogP contribution in [-0.2, 0) is 20.8 Å². The van der Waals surface area contributed by atoms with Gasteiger partial charge in [-0.1, -0.05) is 44.2 Å². The highest BCUT2D eigenvalue weighted by atomic mass is 16.4. The number of aliphatic hydroxyl groups excluding tert-OH is 1. The third-order valence-corrected chi connectivity index (χ3v) is 4.02. The summed E-state index contributed by atoms with van der Waals surface area (Å²) in [6.07, 6.45) is -0.715. The van der Waals surface area contributed by atoms with E-state index in [-0.39, 0.29) is 18.8 Å². The number of carboxylic acids is 1. The first-order valence-electron chi connectivity index (χ1n) is 8.93. The van der Waals surface area contributed by atoms with Crippen molar-refractivity contribution in [2.45, 2.75) is 57.8 Å². The molecule has 2 amide bonds. The number of rotatable bonds is 10.